The van der Waals surface area contributed by atoms with Crippen LogP contribution in [-0.2, 0) is 4.74 Å². The summed E-state index contributed by atoms with van der Waals surface area (Å²) in [4.78, 5) is 14.9. The number of phenols is 1. The van der Waals surface area contributed by atoms with Crippen LogP contribution in [0.3, 0.4) is 0 Å². The number of halogens is 1. The van der Waals surface area contributed by atoms with Crippen molar-refractivity contribution in [2.24, 2.45) is 0 Å². The molecule has 2 N–H and O–H groups in total. The van der Waals surface area contributed by atoms with Crippen LogP contribution in [0.25, 0.3) is 11.3 Å². The minimum absolute atomic E-state index is 0.111. The molecule has 1 atom stereocenters. The van der Waals surface area contributed by atoms with Crippen LogP contribution in [0.2, 0.25) is 5.02 Å². The smallest absolute Gasteiger partial charge is 0.273 e. The Morgan fingerprint density at radius 2 is 1.96 bits per heavy atom. The van der Waals surface area contributed by atoms with Crippen LogP contribution < -0.4 is 0 Å². The van der Waals surface area contributed by atoms with E-state index in [9.17, 15) is 9.90 Å². The van der Waals surface area contributed by atoms with Crippen LogP contribution in [0.5, 0.6) is 5.75 Å². The zero-order valence-electron chi connectivity index (χ0n) is 15.4. The Balaban J connectivity index is 1.83. The van der Waals surface area contributed by atoms with Crippen LogP contribution >= 0.6 is 11.6 Å². The van der Waals surface area contributed by atoms with Crippen LogP contribution in [-0.4, -0.2) is 46.4 Å². The van der Waals surface area contributed by atoms with E-state index in [4.69, 9.17) is 16.3 Å². The van der Waals surface area contributed by atoms with Gasteiger partial charge in [0.1, 0.15) is 17.1 Å². The molecule has 2 heterocycles. The number of methoxy groups -OCH3 is 1. The number of aromatic nitrogens is 2. The Labute approximate surface area is 167 Å². The van der Waals surface area contributed by atoms with Crippen molar-refractivity contribution in [2.45, 2.75) is 12.5 Å². The third-order valence-corrected chi connectivity index (χ3v) is 5.21. The van der Waals surface area contributed by atoms with Crippen molar-refractivity contribution in [3.8, 4) is 17.0 Å². The van der Waals surface area contributed by atoms with E-state index in [0.29, 0.717) is 35.1 Å². The summed E-state index contributed by atoms with van der Waals surface area (Å²) in [5.74, 6) is 0.0113. The second kappa shape index (κ2) is 7.66. The van der Waals surface area contributed by atoms with Crippen molar-refractivity contribution >= 4 is 17.5 Å². The van der Waals surface area contributed by atoms with Crippen LogP contribution in [0.4, 0.5) is 0 Å². The summed E-state index contributed by atoms with van der Waals surface area (Å²) < 4.78 is 5.15. The summed E-state index contributed by atoms with van der Waals surface area (Å²) >= 11 is 6.06. The number of para-hydroxylation sites is 1. The molecular formula is C21H20ClN3O3. The Morgan fingerprint density at radius 1 is 1.21 bits per heavy atom. The molecule has 1 aromatic heterocycles. The van der Waals surface area contributed by atoms with E-state index >= 15 is 0 Å². The van der Waals surface area contributed by atoms with Crippen molar-refractivity contribution < 1.29 is 14.6 Å². The molecule has 3 aromatic rings. The summed E-state index contributed by atoms with van der Waals surface area (Å²) in [7, 11) is 1.64. The molecule has 0 radical (unpaired) electrons. The van der Waals surface area contributed by atoms with Crippen LogP contribution in [0.1, 0.15) is 34.1 Å². The van der Waals surface area contributed by atoms with Crippen molar-refractivity contribution in [3.63, 3.8) is 0 Å². The molecule has 144 valence electrons. The van der Waals surface area contributed by atoms with Crippen molar-refractivity contribution in [3.05, 3.63) is 70.4 Å². The lowest BCUT2D eigenvalue weighted by molar-refractivity contribution is 0.0723. The normalized spacial score (nSPS) is 15.9. The van der Waals surface area contributed by atoms with Gasteiger partial charge in [0.05, 0.1) is 6.04 Å². The first kappa shape index (κ1) is 18.5. The first-order valence-electron chi connectivity index (χ1n) is 9.03. The van der Waals surface area contributed by atoms with Gasteiger partial charge < -0.3 is 14.7 Å². The van der Waals surface area contributed by atoms with Crippen molar-refractivity contribution in [1.82, 2.24) is 15.1 Å². The fourth-order valence-corrected chi connectivity index (χ4v) is 3.80. The van der Waals surface area contributed by atoms with Crippen molar-refractivity contribution in [2.75, 3.05) is 20.3 Å². The Kier molecular flexibility index (Phi) is 5.07. The number of nitrogens with one attached hydrogen (secondary N) is 1. The number of fused-ring (bicyclic) bond motifs is 1. The number of aromatic amines is 1. The average Bonchev–Trinajstić information content (AvgIpc) is 3.23. The van der Waals surface area contributed by atoms with Gasteiger partial charge >= 0.3 is 0 Å². The lowest BCUT2D eigenvalue weighted by Crippen LogP contribution is -2.31. The number of benzene rings is 2. The number of H-pyrrole nitrogens is 1. The summed E-state index contributed by atoms with van der Waals surface area (Å²) in [6, 6.07) is 14.1. The molecule has 0 saturated heterocycles. The molecule has 7 heteroatoms. The lowest BCUT2D eigenvalue weighted by atomic mass is 9.95. The molecule has 0 fully saturated rings. The maximum atomic E-state index is 13.1. The van der Waals surface area contributed by atoms with Crippen LogP contribution in [0.15, 0.2) is 48.5 Å². The largest absolute Gasteiger partial charge is 0.507 e. The molecule has 0 spiro atoms. The van der Waals surface area contributed by atoms with E-state index in [2.05, 4.69) is 10.2 Å². The molecular weight excluding hydrogens is 378 g/mol. The maximum absolute atomic E-state index is 13.1. The molecule has 0 saturated carbocycles. The number of hydrogen-bond acceptors (Lipinski definition) is 4. The molecule has 0 aliphatic carbocycles. The monoisotopic (exact) mass is 397 g/mol. The highest BCUT2D eigenvalue weighted by Gasteiger charge is 2.42. The topological polar surface area (TPSA) is 78.5 Å². The van der Waals surface area contributed by atoms with E-state index in [0.717, 1.165) is 17.5 Å². The quantitative estimate of drug-likeness (QED) is 0.616. The Bertz CT molecular complexity index is 1000. The highest BCUT2D eigenvalue weighted by molar-refractivity contribution is 6.30. The second-order valence-electron chi connectivity index (χ2n) is 6.68. The first-order chi connectivity index (χ1) is 13.6. The molecule has 1 amide bonds. The molecule has 6 nitrogen and oxygen atoms in total. The molecule has 28 heavy (non-hydrogen) atoms. The number of hydrogen-bond donors (Lipinski definition) is 2. The second-order valence-corrected chi connectivity index (χ2v) is 7.11. The van der Waals surface area contributed by atoms with Gasteiger partial charge in [-0.1, -0.05) is 35.9 Å². The Morgan fingerprint density at radius 3 is 2.68 bits per heavy atom. The number of phenolic OH excluding ortho intramolecular Hbond substituents is 1. The van der Waals surface area contributed by atoms with Gasteiger partial charge in [-0.05, 0) is 36.2 Å². The standard InChI is InChI=1S/C21H20ClN3O3/c1-28-12-4-11-25-20(13-7-9-14(22)10-8-13)17-18(23-24-19(17)21(25)27)15-5-2-3-6-16(15)26/h2-3,5-10,20,26H,4,11-12H2,1H3,(H,23,24)/t20-/m1/s1. The van der Waals surface area contributed by atoms with Gasteiger partial charge in [0, 0.05) is 36.4 Å². The minimum Gasteiger partial charge on any atom is -0.507 e. The van der Waals surface area contributed by atoms with Crippen molar-refractivity contribution in [1.29, 1.82) is 0 Å². The molecule has 2 aromatic carbocycles. The number of aromatic hydroxyl groups is 1. The highest BCUT2D eigenvalue weighted by Crippen LogP contribution is 2.44. The van der Waals surface area contributed by atoms with Gasteiger partial charge in [0.25, 0.3) is 5.91 Å². The summed E-state index contributed by atoms with van der Waals surface area (Å²) in [6.07, 6.45) is 0.718. The van der Waals surface area contributed by atoms with Gasteiger partial charge in [-0.25, -0.2) is 0 Å². The minimum atomic E-state index is -0.315. The molecule has 1 aliphatic rings. The highest BCUT2D eigenvalue weighted by atomic mass is 35.5. The van der Waals surface area contributed by atoms with Crippen LogP contribution in [0, 0.1) is 0 Å². The zero-order chi connectivity index (χ0) is 19.7. The first-order valence-corrected chi connectivity index (χ1v) is 9.41. The fraction of sp³-hybridized carbons (Fsp3) is 0.238. The SMILES string of the molecule is COCCCN1C(=O)c2[nH]nc(-c3ccccc3O)c2[C@H]1c1ccc(Cl)cc1. The Hall–Kier alpha value is -2.83. The number of carbonyl (C=O) groups is 1. The zero-order valence-corrected chi connectivity index (χ0v) is 16.1. The number of carbonyl (C=O) groups excluding carboxylic acids is 1. The predicted molar refractivity (Wildman–Crippen MR) is 107 cm³/mol. The number of rotatable bonds is 6. The van der Waals surface area contributed by atoms with Gasteiger partial charge in [0.2, 0.25) is 0 Å². The van der Waals surface area contributed by atoms with E-state index in [1.54, 1.807) is 25.3 Å². The summed E-state index contributed by atoms with van der Waals surface area (Å²) in [5.41, 5.74) is 3.33. The van der Waals surface area contributed by atoms with E-state index in [1.165, 1.54) is 0 Å². The molecule has 0 bridgehead atoms. The van der Waals surface area contributed by atoms with Gasteiger partial charge in [-0.15, -0.1) is 0 Å². The predicted octanol–water partition coefficient (Wildman–Crippen LogP) is 4.02. The molecule has 0 unspecified atom stereocenters. The number of nitrogens with zero attached hydrogens (tertiary/aromatic N) is 2. The molecule has 4 rings (SSSR count). The van der Waals surface area contributed by atoms with E-state index in [1.807, 2.05) is 35.2 Å². The maximum Gasteiger partial charge on any atom is 0.273 e. The van der Waals surface area contributed by atoms with Gasteiger partial charge in [0.15, 0.2) is 0 Å². The fourth-order valence-electron chi connectivity index (χ4n) is 3.68. The number of amides is 1. The third-order valence-electron chi connectivity index (χ3n) is 4.96. The van der Waals surface area contributed by atoms with Gasteiger partial charge in [-0.2, -0.15) is 5.10 Å². The number of ether oxygens (including phenoxy) is 1. The summed E-state index contributed by atoms with van der Waals surface area (Å²) in [5, 5.41) is 18.2. The average molecular weight is 398 g/mol. The molecule has 1 aliphatic heterocycles. The third kappa shape index (κ3) is 3.15. The summed E-state index contributed by atoms with van der Waals surface area (Å²) in [6.45, 7) is 1.11. The van der Waals surface area contributed by atoms with E-state index < -0.39 is 0 Å². The lowest BCUT2D eigenvalue weighted by Gasteiger charge is -2.26. The van der Waals surface area contributed by atoms with Gasteiger partial charge in [-0.3, -0.25) is 9.89 Å². The van der Waals surface area contributed by atoms with E-state index in [-0.39, 0.29) is 17.7 Å².